The lowest BCUT2D eigenvalue weighted by molar-refractivity contribution is 0.0684. The largest absolute Gasteiger partial charge is 0.338 e. The Kier molecular flexibility index (Phi) is 6.61. The van der Waals surface area contributed by atoms with Gasteiger partial charge in [-0.1, -0.05) is 67.6 Å². The number of anilines is 1. The molecule has 6 heteroatoms. The van der Waals surface area contributed by atoms with E-state index in [4.69, 9.17) is 0 Å². The normalized spacial score (nSPS) is 16.5. The molecule has 0 bridgehead atoms. The maximum atomic E-state index is 13.7. The van der Waals surface area contributed by atoms with Gasteiger partial charge in [-0.15, -0.1) is 0 Å². The lowest BCUT2D eigenvalue weighted by Crippen LogP contribution is -2.40. The lowest BCUT2D eigenvalue weighted by atomic mass is 9.99. The smallest absolute Gasteiger partial charge is 0.264 e. The molecule has 1 atom stereocenters. The summed E-state index contributed by atoms with van der Waals surface area (Å²) in [6.45, 7) is 3.67. The van der Waals surface area contributed by atoms with Crippen LogP contribution in [0, 0.1) is 5.92 Å². The number of piperidine rings is 1. The summed E-state index contributed by atoms with van der Waals surface area (Å²) in [5.74, 6) is 0.321. The summed E-state index contributed by atoms with van der Waals surface area (Å²) in [6.07, 6.45) is 2.07. The van der Waals surface area contributed by atoms with Crippen LogP contribution in [0.2, 0.25) is 0 Å². The summed E-state index contributed by atoms with van der Waals surface area (Å²) in [6, 6.07) is 24.9. The van der Waals surface area contributed by atoms with E-state index < -0.39 is 10.0 Å². The van der Waals surface area contributed by atoms with Crippen LogP contribution in [0.5, 0.6) is 0 Å². The van der Waals surface area contributed by atoms with Crippen molar-refractivity contribution in [3.8, 4) is 0 Å². The first-order valence-corrected chi connectivity index (χ1v) is 12.4. The minimum absolute atomic E-state index is 0.117. The molecule has 1 saturated heterocycles. The fraction of sp³-hybridized carbons (Fsp3) is 0.269. The molecule has 32 heavy (non-hydrogen) atoms. The second-order valence-electron chi connectivity index (χ2n) is 8.33. The number of nitrogens with zero attached hydrogens (tertiary/aromatic N) is 2. The molecule has 5 nitrogen and oxygen atoms in total. The molecule has 0 N–H and O–H groups in total. The van der Waals surface area contributed by atoms with Crippen LogP contribution in [-0.2, 0) is 16.6 Å². The van der Waals surface area contributed by atoms with Crippen molar-refractivity contribution in [2.75, 3.05) is 17.4 Å². The van der Waals surface area contributed by atoms with Gasteiger partial charge in [-0.2, -0.15) is 0 Å². The zero-order valence-electron chi connectivity index (χ0n) is 18.2. The summed E-state index contributed by atoms with van der Waals surface area (Å²) in [5, 5.41) is 0. The van der Waals surface area contributed by atoms with Crippen molar-refractivity contribution in [2.24, 2.45) is 5.92 Å². The van der Waals surface area contributed by atoms with Gasteiger partial charge in [0.15, 0.2) is 0 Å². The van der Waals surface area contributed by atoms with E-state index in [1.807, 2.05) is 35.2 Å². The van der Waals surface area contributed by atoms with E-state index in [1.165, 1.54) is 4.31 Å². The number of rotatable bonds is 6. The van der Waals surface area contributed by atoms with Crippen molar-refractivity contribution in [3.63, 3.8) is 0 Å². The van der Waals surface area contributed by atoms with Gasteiger partial charge in [0.05, 0.1) is 22.7 Å². The zero-order valence-corrected chi connectivity index (χ0v) is 19.0. The van der Waals surface area contributed by atoms with Gasteiger partial charge in [0, 0.05) is 13.1 Å². The van der Waals surface area contributed by atoms with Crippen molar-refractivity contribution in [3.05, 3.63) is 96.1 Å². The van der Waals surface area contributed by atoms with E-state index >= 15 is 0 Å². The number of para-hydroxylation sites is 1. The second-order valence-corrected chi connectivity index (χ2v) is 10.2. The molecule has 0 spiro atoms. The molecule has 166 valence electrons. The lowest BCUT2D eigenvalue weighted by Gasteiger charge is -2.33. The highest BCUT2D eigenvalue weighted by molar-refractivity contribution is 7.92. The van der Waals surface area contributed by atoms with Gasteiger partial charge >= 0.3 is 0 Å². The van der Waals surface area contributed by atoms with Crippen molar-refractivity contribution >= 4 is 21.6 Å². The molecule has 3 aromatic carbocycles. The molecular weight excluding hydrogens is 420 g/mol. The van der Waals surface area contributed by atoms with Gasteiger partial charge in [0.2, 0.25) is 0 Å². The highest BCUT2D eigenvalue weighted by Crippen LogP contribution is 2.31. The molecular formula is C26H28N2O3S. The Hall–Kier alpha value is -3.12. The Morgan fingerprint density at radius 3 is 2.25 bits per heavy atom. The van der Waals surface area contributed by atoms with Crippen LogP contribution in [0.25, 0.3) is 0 Å². The number of sulfonamides is 1. The summed E-state index contributed by atoms with van der Waals surface area (Å²) in [4.78, 5) is 15.5. The molecule has 0 radical (unpaired) electrons. The zero-order chi connectivity index (χ0) is 22.6. The van der Waals surface area contributed by atoms with Crippen LogP contribution < -0.4 is 4.31 Å². The third-order valence-electron chi connectivity index (χ3n) is 5.85. The van der Waals surface area contributed by atoms with Crippen LogP contribution in [0.3, 0.4) is 0 Å². The summed E-state index contributed by atoms with van der Waals surface area (Å²) in [5.41, 5.74) is 1.67. The molecule has 1 fully saturated rings. The van der Waals surface area contributed by atoms with Crippen molar-refractivity contribution in [1.82, 2.24) is 4.90 Å². The Bertz CT molecular complexity index is 1160. The molecule has 4 rings (SSSR count). The van der Waals surface area contributed by atoms with Crippen molar-refractivity contribution in [2.45, 2.75) is 31.2 Å². The van der Waals surface area contributed by atoms with Gasteiger partial charge in [-0.05, 0) is 48.6 Å². The maximum absolute atomic E-state index is 13.7. The molecule has 1 heterocycles. The van der Waals surface area contributed by atoms with E-state index in [1.54, 1.807) is 54.6 Å². The monoisotopic (exact) mass is 448 g/mol. The van der Waals surface area contributed by atoms with Crippen molar-refractivity contribution < 1.29 is 13.2 Å². The third kappa shape index (κ3) is 4.70. The highest BCUT2D eigenvalue weighted by atomic mass is 32.2. The number of benzene rings is 3. The maximum Gasteiger partial charge on any atom is 0.264 e. The molecule has 3 aromatic rings. The molecule has 0 aliphatic carbocycles. The number of likely N-dealkylation sites (tertiary alicyclic amines) is 1. The summed E-state index contributed by atoms with van der Waals surface area (Å²) in [7, 11) is -3.89. The van der Waals surface area contributed by atoms with E-state index in [0.717, 1.165) is 18.4 Å². The van der Waals surface area contributed by atoms with Gasteiger partial charge in [-0.25, -0.2) is 8.42 Å². The molecule has 1 amide bonds. The molecule has 0 saturated carbocycles. The third-order valence-corrected chi connectivity index (χ3v) is 7.62. The van der Waals surface area contributed by atoms with Crippen LogP contribution in [-0.4, -0.2) is 32.3 Å². The quantitative estimate of drug-likeness (QED) is 0.536. The standard InChI is InChI=1S/C26H28N2O3S/c1-21-11-10-18-27(19-21)26(29)24-16-8-9-17-25(24)28(20-22-12-4-2-5-13-22)32(30,31)23-14-6-3-7-15-23/h2-9,12-17,21H,10-11,18-20H2,1H3/t21-/m1/s1. The van der Waals surface area contributed by atoms with E-state index in [2.05, 4.69) is 6.92 Å². The van der Waals surface area contributed by atoms with Crippen LogP contribution >= 0.6 is 0 Å². The average molecular weight is 449 g/mol. The fourth-order valence-electron chi connectivity index (χ4n) is 4.18. The molecule has 0 aromatic heterocycles. The minimum atomic E-state index is -3.89. The topological polar surface area (TPSA) is 57.7 Å². The predicted molar refractivity (Wildman–Crippen MR) is 127 cm³/mol. The van der Waals surface area contributed by atoms with E-state index in [0.29, 0.717) is 30.3 Å². The predicted octanol–water partition coefficient (Wildman–Crippen LogP) is 4.95. The number of carbonyl (C=O) groups excluding carboxylic acids is 1. The molecule has 1 aliphatic rings. The van der Waals surface area contributed by atoms with E-state index in [9.17, 15) is 13.2 Å². The number of hydrogen-bond acceptors (Lipinski definition) is 3. The first-order chi connectivity index (χ1) is 15.5. The fourth-order valence-corrected chi connectivity index (χ4v) is 5.68. The van der Waals surface area contributed by atoms with Gasteiger partial charge in [0.1, 0.15) is 0 Å². The van der Waals surface area contributed by atoms with E-state index in [-0.39, 0.29) is 17.3 Å². The van der Waals surface area contributed by atoms with Crippen LogP contribution in [0.1, 0.15) is 35.7 Å². The van der Waals surface area contributed by atoms with Gasteiger partial charge in [-0.3, -0.25) is 9.10 Å². The van der Waals surface area contributed by atoms with Gasteiger partial charge in [0.25, 0.3) is 15.9 Å². The number of hydrogen-bond donors (Lipinski definition) is 0. The Balaban J connectivity index is 1.79. The summed E-state index contributed by atoms with van der Waals surface area (Å²) < 4.78 is 28.8. The van der Waals surface area contributed by atoms with Gasteiger partial charge < -0.3 is 4.90 Å². The SMILES string of the molecule is C[C@@H]1CCCN(C(=O)c2ccccc2N(Cc2ccccc2)S(=O)(=O)c2ccccc2)C1. The summed E-state index contributed by atoms with van der Waals surface area (Å²) >= 11 is 0. The van der Waals surface area contributed by atoms with Crippen molar-refractivity contribution in [1.29, 1.82) is 0 Å². The first kappa shape index (κ1) is 22.1. The number of amides is 1. The Labute approximate surface area is 190 Å². The average Bonchev–Trinajstić information content (AvgIpc) is 2.83. The Morgan fingerprint density at radius 2 is 1.56 bits per heavy atom. The molecule has 1 aliphatic heterocycles. The second kappa shape index (κ2) is 9.57. The Morgan fingerprint density at radius 1 is 0.938 bits per heavy atom. The number of carbonyl (C=O) groups is 1. The highest BCUT2D eigenvalue weighted by Gasteiger charge is 2.30. The first-order valence-electron chi connectivity index (χ1n) is 11.0. The van der Waals surface area contributed by atoms with Crippen LogP contribution in [0.15, 0.2) is 89.8 Å². The minimum Gasteiger partial charge on any atom is -0.338 e. The van der Waals surface area contributed by atoms with Crippen LogP contribution in [0.4, 0.5) is 5.69 Å². The molecule has 0 unspecified atom stereocenters.